The van der Waals surface area contributed by atoms with E-state index in [0.29, 0.717) is 12.4 Å². The van der Waals surface area contributed by atoms with E-state index in [1.54, 1.807) is 6.20 Å². The van der Waals surface area contributed by atoms with Crippen LogP contribution in [0.3, 0.4) is 0 Å². The van der Waals surface area contributed by atoms with Gasteiger partial charge >= 0.3 is 0 Å². The van der Waals surface area contributed by atoms with Gasteiger partial charge in [-0.3, -0.25) is 0 Å². The van der Waals surface area contributed by atoms with Gasteiger partial charge in [0.1, 0.15) is 6.54 Å². The summed E-state index contributed by atoms with van der Waals surface area (Å²) in [6, 6.07) is 8.18. The minimum Gasteiger partial charge on any atom is -0.439 e. The van der Waals surface area contributed by atoms with Crippen LogP contribution in [0.1, 0.15) is 51.5 Å². The van der Waals surface area contributed by atoms with E-state index in [1.165, 1.54) is 5.56 Å². The average Bonchev–Trinajstić information content (AvgIpc) is 3.18. The van der Waals surface area contributed by atoms with E-state index in [0.717, 1.165) is 49.6 Å². The molecule has 1 aromatic carbocycles. The van der Waals surface area contributed by atoms with Crippen LogP contribution in [0.5, 0.6) is 0 Å². The summed E-state index contributed by atoms with van der Waals surface area (Å²) in [5.41, 5.74) is 2.30. The lowest BCUT2D eigenvalue weighted by Crippen LogP contribution is -2.43. The van der Waals surface area contributed by atoms with Crippen LogP contribution in [0.25, 0.3) is 11.3 Å². The van der Waals surface area contributed by atoms with Crippen molar-refractivity contribution in [3.05, 3.63) is 41.9 Å². The Balaban J connectivity index is 0.00000420. The lowest BCUT2D eigenvalue weighted by atomic mass is 9.79. The van der Waals surface area contributed by atoms with E-state index < -0.39 is 0 Å². The number of aromatic nitrogens is 1. The fourth-order valence-corrected chi connectivity index (χ4v) is 3.17. The second kappa shape index (κ2) is 12.8. The fraction of sp³-hybridized carbons (Fsp3) is 0.545. The maximum absolute atomic E-state index is 9.40. The number of aliphatic hydroxyl groups excluding tert-OH is 1. The average molecular weight is 514 g/mol. The minimum atomic E-state index is 0. The van der Waals surface area contributed by atoms with Gasteiger partial charge in [0.15, 0.2) is 11.7 Å². The Bertz CT molecular complexity index is 740. The van der Waals surface area contributed by atoms with Crippen molar-refractivity contribution in [3.8, 4) is 11.3 Å². The molecule has 0 amide bonds. The van der Waals surface area contributed by atoms with Gasteiger partial charge in [0.05, 0.1) is 6.20 Å². The number of oxazole rings is 1. The summed E-state index contributed by atoms with van der Waals surface area (Å²) < 4.78 is 5.86. The molecule has 0 unspecified atom stereocenters. The molecule has 1 heterocycles. The lowest BCUT2D eigenvalue weighted by Gasteiger charge is -2.32. The van der Waals surface area contributed by atoms with Gasteiger partial charge in [0, 0.05) is 25.3 Å². The SMILES string of the molecule is CCNC(=NCc1ncc(-c2ccc(C)cc2)o1)NCC(CC)(CC)CCO.I. The Kier molecular flexibility index (Phi) is 11.3. The Hall–Kier alpha value is -1.61. The molecule has 0 spiro atoms. The van der Waals surface area contributed by atoms with Crippen LogP contribution in [0.4, 0.5) is 0 Å². The molecule has 0 aliphatic rings. The highest BCUT2D eigenvalue weighted by Crippen LogP contribution is 2.29. The summed E-state index contributed by atoms with van der Waals surface area (Å²) in [6.45, 7) is 10.6. The first-order valence-electron chi connectivity index (χ1n) is 10.2. The molecule has 0 fully saturated rings. The summed E-state index contributed by atoms with van der Waals surface area (Å²) in [5, 5.41) is 16.1. The maximum Gasteiger partial charge on any atom is 0.216 e. The van der Waals surface area contributed by atoms with E-state index in [2.05, 4.69) is 53.5 Å². The van der Waals surface area contributed by atoms with Crippen LogP contribution in [0, 0.1) is 12.3 Å². The number of guanidine groups is 1. The van der Waals surface area contributed by atoms with Gasteiger partial charge in [0.25, 0.3) is 0 Å². The first-order valence-corrected chi connectivity index (χ1v) is 10.2. The van der Waals surface area contributed by atoms with Crippen molar-refractivity contribution in [2.75, 3.05) is 19.7 Å². The van der Waals surface area contributed by atoms with E-state index in [-0.39, 0.29) is 36.0 Å². The van der Waals surface area contributed by atoms with Gasteiger partial charge in [-0.1, -0.05) is 43.7 Å². The molecular formula is C22H35IN4O2. The van der Waals surface area contributed by atoms with Crippen LogP contribution in [0.2, 0.25) is 0 Å². The zero-order chi connectivity index (χ0) is 20.4. The van der Waals surface area contributed by atoms with E-state index in [4.69, 9.17) is 4.42 Å². The van der Waals surface area contributed by atoms with Gasteiger partial charge in [-0.25, -0.2) is 9.98 Å². The van der Waals surface area contributed by atoms with Crippen LogP contribution >= 0.6 is 24.0 Å². The van der Waals surface area contributed by atoms with Crippen molar-refractivity contribution >= 4 is 29.9 Å². The monoisotopic (exact) mass is 514 g/mol. The molecule has 29 heavy (non-hydrogen) atoms. The number of halogens is 1. The first-order chi connectivity index (χ1) is 13.6. The Morgan fingerprint density at radius 1 is 1.14 bits per heavy atom. The van der Waals surface area contributed by atoms with E-state index in [9.17, 15) is 5.11 Å². The molecule has 0 bridgehead atoms. The zero-order valence-electron chi connectivity index (χ0n) is 18.0. The number of hydrogen-bond acceptors (Lipinski definition) is 4. The number of rotatable bonds is 10. The third-order valence-electron chi connectivity index (χ3n) is 5.38. The largest absolute Gasteiger partial charge is 0.439 e. The Morgan fingerprint density at radius 3 is 2.41 bits per heavy atom. The molecule has 2 aromatic rings. The molecule has 0 aliphatic carbocycles. The molecule has 6 nitrogen and oxygen atoms in total. The third kappa shape index (κ3) is 7.62. The first kappa shape index (κ1) is 25.4. The van der Waals surface area contributed by atoms with Crippen LogP contribution in [-0.4, -0.2) is 35.7 Å². The molecule has 1 aromatic heterocycles. The molecule has 0 saturated heterocycles. The number of aliphatic imine (C=N–C) groups is 1. The predicted molar refractivity (Wildman–Crippen MR) is 130 cm³/mol. The highest BCUT2D eigenvalue weighted by atomic mass is 127. The van der Waals surface area contributed by atoms with Crippen molar-refractivity contribution in [2.45, 2.75) is 53.5 Å². The van der Waals surface area contributed by atoms with Crippen molar-refractivity contribution in [3.63, 3.8) is 0 Å². The summed E-state index contributed by atoms with van der Waals surface area (Å²) in [6.07, 6.45) is 4.55. The standard InChI is InChI=1S/C22H34N4O2.HI/c1-5-22(6-2,12-13-27)16-26-21(23-7-3)25-15-20-24-14-19(28-20)18-10-8-17(4)9-11-18;/h8-11,14,27H,5-7,12-13,15-16H2,1-4H3,(H2,23,25,26);1H. The molecule has 7 heteroatoms. The molecule has 0 saturated carbocycles. The second-order valence-corrected chi connectivity index (χ2v) is 7.21. The fourth-order valence-electron chi connectivity index (χ4n) is 3.17. The minimum absolute atomic E-state index is 0. The van der Waals surface area contributed by atoms with Crippen molar-refractivity contribution in [1.82, 2.24) is 15.6 Å². The van der Waals surface area contributed by atoms with E-state index in [1.807, 2.05) is 19.1 Å². The normalized spacial score (nSPS) is 11.8. The topological polar surface area (TPSA) is 82.7 Å². The summed E-state index contributed by atoms with van der Waals surface area (Å²) in [5.74, 6) is 2.07. The molecule has 3 N–H and O–H groups in total. The van der Waals surface area contributed by atoms with Crippen molar-refractivity contribution in [1.29, 1.82) is 0 Å². The third-order valence-corrected chi connectivity index (χ3v) is 5.38. The summed E-state index contributed by atoms with van der Waals surface area (Å²) in [7, 11) is 0. The van der Waals surface area contributed by atoms with Gasteiger partial charge in [0.2, 0.25) is 5.89 Å². The number of aliphatic hydroxyl groups is 1. The van der Waals surface area contributed by atoms with Crippen LogP contribution in [-0.2, 0) is 6.54 Å². The van der Waals surface area contributed by atoms with Gasteiger partial charge < -0.3 is 20.2 Å². The number of nitrogens with one attached hydrogen (secondary N) is 2. The van der Waals surface area contributed by atoms with E-state index >= 15 is 0 Å². The smallest absolute Gasteiger partial charge is 0.216 e. The van der Waals surface area contributed by atoms with Crippen LogP contribution < -0.4 is 10.6 Å². The predicted octanol–water partition coefficient (Wildman–Crippen LogP) is 4.51. The van der Waals surface area contributed by atoms with Gasteiger partial charge in [-0.2, -0.15) is 0 Å². The molecular weight excluding hydrogens is 479 g/mol. The van der Waals surface area contributed by atoms with Crippen molar-refractivity contribution in [2.24, 2.45) is 10.4 Å². The Morgan fingerprint density at radius 2 is 1.83 bits per heavy atom. The van der Waals surface area contributed by atoms with Gasteiger partial charge in [-0.15, -0.1) is 24.0 Å². The molecule has 162 valence electrons. The number of hydrogen-bond donors (Lipinski definition) is 3. The number of nitrogens with zero attached hydrogens (tertiary/aromatic N) is 2. The molecule has 2 rings (SSSR count). The van der Waals surface area contributed by atoms with Gasteiger partial charge in [-0.05, 0) is 38.5 Å². The summed E-state index contributed by atoms with van der Waals surface area (Å²) in [4.78, 5) is 8.97. The van der Waals surface area contributed by atoms with Crippen LogP contribution in [0.15, 0.2) is 39.9 Å². The molecule has 0 atom stereocenters. The number of benzene rings is 1. The zero-order valence-corrected chi connectivity index (χ0v) is 20.3. The summed E-state index contributed by atoms with van der Waals surface area (Å²) >= 11 is 0. The number of aryl methyl sites for hydroxylation is 1. The molecule has 0 radical (unpaired) electrons. The maximum atomic E-state index is 9.40. The molecule has 0 aliphatic heterocycles. The lowest BCUT2D eigenvalue weighted by molar-refractivity contribution is 0.169. The highest BCUT2D eigenvalue weighted by Gasteiger charge is 2.25. The van der Waals surface area contributed by atoms with Crippen molar-refractivity contribution < 1.29 is 9.52 Å². The quantitative estimate of drug-likeness (QED) is 0.247. The second-order valence-electron chi connectivity index (χ2n) is 7.21. The highest BCUT2D eigenvalue weighted by molar-refractivity contribution is 14.0. The Labute approximate surface area is 191 Å².